The van der Waals surface area contributed by atoms with Gasteiger partial charge < -0.3 is 4.90 Å². The van der Waals surface area contributed by atoms with Gasteiger partial charge >= 0.3 is 0 Å². The van der Waals surface area contributed by atoms with Crippen molar-refractivity contribution in [2.24, 2.45) is 0 Å². The Bertz CT molecular complexity index is 760. The lowest BCUT2D eigenvalue weighted by Gasteiger charge is -2.14. The summed E-state index contributed by atoms with van der Waals surface area (Å²) in [7, 11) is 4.13. The van der Waals surface area contributed by atoms with Crippen molar-refractivity contribution in [3.63, 3.8) is 0 Å². The molecule has 0 aliphatic heterocycles. The molecule has 0 saturated carbocycles. The Balaban J connectivity index is 2.16. The number of fused-ring (bicyclic) bond motifs is 1. The Labute approximate surface area is 134 Å². The molecule has 1 nitrogen and oxygen atoms in total. The van der Waals surface area contributed by atoms with E-state index in [1.807, 2.05) is 0 Å². The maximum Gasteiger partial charge on any atom is 0.0361 e. The molecule has 0 fully saturated rings. The molecule has 0 bridgehead atoms. The summed E-state index contributed by atoms with van der Waals surface area (Å²) in [6, 6.07) is 21.8. The Morgan fingerprint density at radius 2 is 1.48 bits per heavy atom. The van der Waals surface area contributed by atoms with E-state index in [9.17, 15) is 0 Å². The van der Waals surface area contributed by atoms with E-state index in [2.05, 4.69) is 95.6 Å². The van der Waals surface area contributed by atoms with Crippen molar-refractivity contribution in [2.75, 3.05) is 19.0 Å². The van der Waals surface area contributed by atoms with Crippen LogP contribution in [-0.2, 0) is 5.33 Å². The van der Waals surface area contributed by atoms with Crippen molar-refractivity contribution < 1.29 is 0 Å². The van der Waals surface area contributed by atoms with Crippen molar-refractivity contribution >= 4 is 32.4 Å². The molecule has 0 unspecified atom stereocenters. The van der Waals surface area contributed by atoms with Crippen molar-refractivity contribution in [3.8, 4) is 11.1 Å². The zero-order chi connectivity index (χ0) is 14.8. The summed E-state index contributed by atoms with van der Waals surface area (Å²) < 4.78 is 0. The first-order chi connectivity index (χ1) is 10.2. The average molecular weight is 340 g/mol. The molecule has 0 aliphatic rings. The van der Waals surface area contributed by atoms with Gasteiger partial charge in [-0.2, -0.15) is 0 Å². The highest BCUT2D eigenvalue weighted by Gasteiger charge is 2.06. The summed E-state index contributed by atoms with van der Waals surface area (Å²) in [6.45, 7) is 0. The van der Waals surface area contributed by atoms with Crippen LogP contribution >= 0.6 is 15.9 Å². The minimum absolute atomic E-state index is 0.882. The number of hydrogen-bond donors (Lipinski definition) is 0. The number of rotatable bonds is 3. The normalized spacial score (nSPS) is 10.8. The number of hydrogen-bond acceptors (Lipinski definition) is 1. The second-order valence-electron chi connectivity index (χ2n) is 5.39. The average Bonchev–Trinajstić information content (AvgIpc) is 2.53. The molecule has 0 radical (unpaired) electrons. The predicted molar refractivity (Wildman–Crippen MR) is 96.3 cm³/mol. The third-order valence-electron chi connectivity index (χ3n) is 3.85. The molecule has 0 saturated heterocycles. The number of nitrogens with zero attached hydrogens (tertiary/aromatic N) is 1. The SMILES string of the molecule is CN(C)c1ccc(-c2cccc3c(CBr)cccc23)cc1. The lowest BCUT2D eigenvalue weighted by atomic mass is 9.96. The predicted octanol–water partition coefficient (Wildman–Crippen LogP) is 5.47. The van der Waals surface area contributed by atoms with Gasteiger partial charge in [0.1, 0.15) is 0 Å². The van der Waals surface area contributed by atoms with Crippen LogP contribution in [0.2, 0.25) is 0 Å². The van der Waals surface area contributed by atoms with E-state index in [4.69, 9.17) is 0 Å². The number of anilines is 1. The molecule has 0 spiro atoms. The van der Waals surface area contributed by atoms with Crippen molar-refractivity contribution in [1.29, 1.82) is 0 Å². The third kappa shape index (κ3) is 2.68. The molecule has 3 aromatic carbocycles. The molecule has 0 aliphatic carbocycles. The Morgan fingerprint density at radius 3 is 2.14 bits per heavy atom. The van der Waals surface area contributed by atoms with Gasteiger partial charge in [-0.1, -0.05) is 64.5 Å². The molecule has 3 aromatic rings. The summed E-state index contributed by atoms with van der Waals surface area (Å²) >= 11 is 3.58. The van der Waals surface area contributed by atoms with E-state index in [1.165, 1.54) is 33.2 Å². The molecular weight excluding hydrogens is 322 g/mol. The van der Waals surface area contributed by atoms with E-state index in [0.29, 0.717) is 0 Å². The highest BCUT2D eigenvalue weighted by Crippen LogP contribution is 2.31. The smallest absolute Gasteiger partial charge is 0.0361 e. The van der Waals surface area contributed by atoms with Crippen molar-refractivity contribution in [3.05, 3.63) is 66.2 Å². The summed E-state index contributed by atoms with van der Waals surface area (Å²) in [4.78, 5) is 2.12. The van der Waals surface area contributed by atoms with Gasteiger partial charge in [-0.3, -0.25) is 0 Å². The van der Waals surface area contributed by atoms with E-state index < -0.39 is 0 Å². The van der Waals surface area contributed by atoms with Gasteiger partial charge in [-0.15, -0.1) is 0 Å². The van der Waals surface area contributed by atoms with Crippen LogP contribution in [0.15, 0.2) is 60.7 Å². The zero-order valence-electron chi connectivity index (χ0n) is 12.3. The van der Waals surface area contributed by atoms with Crippen LogP contribution in [0.3, 0.4) is 0 Å². The van der Waals surface area contributed by atoms with E-state index in [-0.39, 0.29) is 0 Å². The fourth-order valence-corrected chi connectivity index (χ4v) is 3.17. The number of alkyl halides is 1. The van der Waals surface area contributed by atoms with Gasteiger partial charge in [0.2, 0.25) is 0 Å². The standard InChI is InChI=1S/C19H18BrN/c1-21(2)16-11-9-14(10-12-16)17-6-4-7-18-15(13-20)5-3-8-19(17)18/h3-12H,13H2,1-2H3. The van der Waals surface area contributed by atoms with Gasteiger partial charge in [-0.05, 0) is 39.6 Å². The maximum absolute atomic E-state index is 3.58. The monoisotopic (exact) mass is 339 g/mol. The molecular formula is C19H18BrN. The zero-order valence-corrected chi connectivity index (χ0v) is 13.9. The minimum atomic E-state index is 0.882. The summed E-state index contributed by atoms with van der Waals surface area (Å²) in [5.41, 5.74) is 5.11. The van der Waals surface area contributed by atoms with Gasteiger partial charge in [0.15, 0.2) is 0 Å². The first-order valence-corrected chi connectivity index (χ1v) is 8.17. The van der Waals surface area contributed by atoms with Crippen molar-refractivity contribution in [2.45, 2.75) is 5.33 Å². The van der Waals surface area contributed by atoms with Crippen LogP contribution in [-0.4, -0.2) is 14.1 Å². The Morgan fingerprint density at radius 1 is 0.810 bits per heavy atom. The first-order valence-electron chi connectivity index (χ1n) is 7.05. The molecule has 0 atom stereocenters. The van der Waals surface area contributed by atoms with Gasteiger partial charge in [0, 0.05) is 25.1 Å². The molecule has 21 heavy (non-hydrogen) atoms. The van der Waals surface area contributed by atoms with Crippen LogP contribution in [0.4, 0.5) is 5.69 Å². The molecule has 0 N–H and O–H groups in total. The Hall–Kier alpha value is -1.80. The van der Waals surface area contributed by atoms with Crippen LogP contribution in [0.25, 0.3) is 21.9 Å². The highest BCUT2D eigenvalue weighted by atomic mass is 79.9. The fraction of sp³-hybridized carbons (Fsp3) is 0.158. The molecule has 3 rings (SSSR count). The van der Waals surface area contributed by atoms with E-state index in [1.54, 1.807) is 0 Å². The van der Waals surface area contributed by atoms with Gasteiger partial charge in [0.25, 0.3) is 0 Å². The summed E-state index contributed by atoms with van der Waals surface area (Å²) in [5, 5.41) is 3.52. The third-order valence-corrected chi connectivity index (χ3v) is 4.46. The highest BCUT2D eigenvalue weighted by molar-refractivity contribution is 9.08. The van der Waals surface area contributed by atoms with Crippen LogP contribution in [0.5, 0.6) is 0 Å². The van der Waals surface area contributed by atoms with Crippen LogP contribution in [0.1, 0.15) is 5.56 Å². The molecule has 2 heteroatoms. The fourth-order valence-electron chi connectivity index (χ4n) is 2.68. The molecule has 0 aromatic heterocycles. The largest absolute Gasteiger partial charge is 0.378 e. The van der Waals surface area contributed by atoms with Gasteiger partial charge in [-0.25, -0.2) is 0 Å². The lowest BCUT2D eigenvalue weighted by molar-refractivity contribution is 1.13. The Kier molecular flexibility index (Phi) is 3.98. The quantitative estimate of drug-likeness (QED) is 0.572. The second kappa shape index (κ2) is 5.90. The van der Waals surface area contributed by atoms with E-state index >= 15 is 0 Å². The summed E-state index contributed by atoms with van der Waals surface area (Å²) in [6.07, 6.45) is 0. The van der Waals surface area contributed by atoms with Crippen molar-refractivity contribution in [1.82, 2.24) is 0 Å². The van der Waals surface area contributed by atoms with Crippen LogP contribution in [0, 0.1) is 0 Å². The first kappa shape index (κ1) is 14.2. The van der Waals surface area contributed by atoms with Gasteiger partial charge in [0.05, 0.1) is 0 Å². The maximum atomic E-state index is 3.58. The molecule has 0 amide bonds. The summed E-state index contributed by atoms with van der Waals surface area (Å²) in [5.74, 6) is 0. The topological polar surface area (TPSA) is 3.24 Å². The van der Waals surface area contributed by atoms with E-state index in [0.717, 1.165) is 5.33 Å². The number of halogens is 1. The second-order valence-corrected chi connectivity index (χ2v) is 5.95. The van der Waals surface area contributed by atoms with Crippen LogP contribution < -0.4 is 4.90 Å². The lowest BCUT2D eigenvalue weighted by Crippen LogP contribution is -2.07. The molecule has 0 heterocycles. The number of benzene rings is 3. The minimum Gasteiger partial charge on any atom is -0.378 e. The molecule has 106 valence electrons.